The van der Waals surface area contributed by atoms with E-state index in [1.165, 1.54) is 0 Å². The van der Waals surface area contributed by atoms with E-state index in [0.29, 0.717) is 17.2 Å². The number of anilines is 1. The minimum Gasteiger partial charge on any atom is -0.491 e. The normalized spacial score (nSPS) is 13.6. The summed E-state index contributed by atoms with van der Waals surface area (Å²) in [6.07, 6.45) is 1.05. The van der Waals surface area contributed by atoms with Crippen LogP contribution in [-0.2, 0) is 14.8 Å². The van der Waals surface area contributed by atoms with Gasteiger partial charge in [-0.05, 0) is 37.6 Å². The maximum absolute atomic E-state index is 12.5. The minimum atomic E-state index is -3.68. The van der Waals surface area contributed by atoms with Crippen LogP contribution < -0.4 is 23.8 Å². The monoisotopic (exact) mass is 420 g/mol. The molecule has 2 aromatic rings. The van der Waals surface area contributed by atoms with Crippen LogP contribution in [0.5, 0.6) is 17.2 Å². The highest BCUT2D eigenvalue weighted by molar-refractivity contribution is 7.92. The fourth-order valence-electron chi connectivity index (χ4n) is 2.87. The van der Waals surface area contributed by atoms with Gasteiger partial charge < -0.3 is 19.5 Å². The second kappa shape index (κ2) is 8.60. The molecule has 0 aliphatic carbocycles. The number of nitrogens with one attached hydrogen (secondary N) is 1. The lowest BCUT2D eigenvalue weighted by Crippen LogP contribution is -2.44. The highest BCUT2D eigenvalue weighted by Crippen LogP contribution is 2.36. The van der Waals surface area contributed by atoms with Crippen LogP contribution in [0.2, 0.25) is 0 Å². The first-order valence-electron chi connectivity index (χ1n) is 9.09. The van der Waals surface area contributed by atoms with E-state index < -0.39 is 15.9 Å². The molecule has 1 atom stereocenters. The second-order valence-corrected chi connectivity index (χ2v) is 8.76. The summed E-state index contributed by atoms with van der Waals surface area (Å²) in [6.45, 7) is 3.72. The van der Waals surface area contributed by atoms with Gasteiger partial charge in [0.2, 0.25) is 22.7 Å². The number of hydrogen-bond acceptors (Lipinski definition) is 6. The molecule has 156 valence electrons. The van der Waals surface area contributed by atoms with Gasteiger partial charge in [-0.15, -0.1) is 0 Å². The van der Waals surface area contributed by atoms with E-state index in [-0.39, 0.29) is 26.0 Å². The molecule has 0 fully saturated rings. The molecule has 3 rings (SSSR count). The molecular formula is C20H24N2O6S. The Kier molecular flexibility index (Phi) is 6.17. The van der Waals surface area contributed by atoms with Crippen LogP contribution in [0.1, 0.15) is 12.5 Å². The van der Waals surface area contributed by atoms with Gasteiger partial charge in [0.15, 0.2) is 11.5 Å². The number of para-hydroxylation sites is 1. The van der Waals surface area contributed by atoms with Crippen LogP contribution in [0.3, 0.4) is 0 Å². The van der Waals surface area contributed by atoms with E-state index in [2.05, 4.69) is 5.32 Å². The zero-order valence-electron chi connectivity index (χ0n) is 16.5. The van der Waals surface area contributed by atoms with Gasteiger partial charge >= 0.3 is 0 Å². The summed E-state index contributed by atoms with van der Waals surface area (Å²) in [5.74, 6) is 1.28. The Morgan fingerprint density at radius 3 is 2.66 bits per heavy atom. The largest absolute Gasteiger partial charge is 0.491 e. The predicted octanol–water partition coefficient (Wildman–Crippen LogP) is 2.07. The number of sulfonamides is 1. The van der Waals surface area contributed by atoms with Crippen molar-refractivity contribution in [3.63, 3.8) is 0 Å². The summed E-state index contributed by atoms with van der Waals surface area (Å²) >= 11 is 0. The molecule has 0 saturated carbocycles. The molecule has 2 aromatic carbocycles. The maximum Gasteiger partial charge on any atom is 0.241 e. The zero-order chi connectivity index (χ0) is 21.0. The summed E-state index contributed by atoms with van der Waals surface area (Å²) in [5, 5.41) is 2.77. The number of rotatable bonds is 8. The number of nitrogens with zero attached hydrogens (tertiary/aromatic N) is 1. The summed E-state index contributed by atoms with van der Waals surface area (Å²) in [4.78, 5) is 12.5. The first kappa shape index (κ1) is 20.8. The SMILES string of the molecule is Cc1ccccc1OCC(C)NC(=O)CN(c1ccc2c(c1)OCO2)S(C)(=O)=O. The quantitative estimate of drug-likeness (QED) is 0.703. The molecule has 0 spiro atoms. The molecule has 0 bridgehead atoms. The van der Waals surface area contributed by atoms with Gasteiger partial charge in [0.1, 0.15) is 18.9 Å². The number of fused-ring (bicyclic) bond motifs is 1. The Balaban J connectivity index is 1.62. The molecule has 0 radical (unpaired) electrons. The van der Waals surface area contributed by atoms with Crippen LogP contribution in [0.15, 0.2) is 42.5 Å². The third kappa shape index (κ3) is 5.32. The Hall–Kier alpha value is -2.94. The first-order chi connectivity index (χ1) is 13.7. The lowest BCUT2D eigenvalue weighted by Gasteiger charge is -2.23. The number of carbonyl (C=O) groups excluding carboxylic acids is 1. The highest BCUT2D eigenvalue weighted by Gasteiger charge is 2.24. The first-order valence-corrected chi connectivity index (χ1v) is 10.9. The number of carbonyl (C=O) groups is 1. The molecule has 1 aliphatic heterocycles. The third-order valence-corrected chi connectivity index (χ3v) is 5.46. The van der Waals surface area contributed by atoms with E-state index in [0.717, 1.165) is 21.9 Å². The molecule has 1 N–H and O–H groups in total. The van der Waals surface area contributed by atoms with Crippen LogP contribution in [0.25, 0.3) is 0 Å². The molecule has 8 nitrogen and oxygen atoms in total. The smallest absolute Gasteiger partial charge is 0.241 e. The highest BCUT2D eigenvalue weighted by atomic mass is 32.2. The van der Waals surface area contributed by atoms with E-state index in [1.54, 1.807) is 25.1 Å². The summed E-state index contributed by atoms with van der Waals surface area (Å²) in [6, 6.07) is 12.0. The van der Waals surface area contributed by atoms with Gasteiger partial charge in [0.05, 0.1) is 18.0 Å². The van der Waals surface area contributed by atoms with Gasteiger partial charge in [-0.1, -0.05) is 18.2 Å². The summed E-state index contributed by atoms with van der Waals surface area (Å²) in [7, 11) is -3.68. The van der Waals surface area contributed by atoms with Crippen molar-refractivity contribution in [1.82, 2.24) is 5.32 Å². The predicted molar refractivity (Wildman–Crippen MR) is 109 cm³/mol. The van der Waals surface area contributed by atoms with Gasteiger partial charge in [-0.2, -0.15) is 0 Å². The van der Waals surface area contributed by atoms with Crippen LogP contribution in [0.4, 0.5) is 5.69 Å². The molecule has 29 heavy (non-hydrogen) atoms. The Morgan fingerprint density at radius 2 is 1.93 bits per heavy atom. The molecule has 0 aromatic heterocycles. The van der Waals surface area contributed by atoms with Crippen LogP contribution >= 0.6 is 0 Å². The third-order valence-electron chi connectivity index (χ3n) is 4.32. The van der Waals surface area contributed by atoms with Gasteiger partial charge in [0.25, 0.3) is 0 Å². The van der Waals surface area contributed by atoms with Crippen molar-refractivity contribution < 1.29 is 27.4 Å². The summed E-state index contributed by atoms with van der Waals surface area (Å²) in [5.41, 5.74) is 1.33. The number of amides is 1. The van der Waals surface area contributed by atoms with Crippen molar-refractivity contribution in [2.24, 2.45) is 0 Å². The van der Waals surface area contributed by atoms with Gasteiger partial charge in [0, 0.05) is 6.07 Å². The number of benzene rings is 2. The fraction of sp³-hybridized carbons (Fsp3) is 0.350. The molecule has 1 aliphatic rings. The lowest BCUT2D eigenvalue weighted by molar-refractivity contribution is -0.120. The van der Waals surface area contributed by atoms with Crippen LogP contribution in [0, 0.1) is 6.92 Å². The number of hydrogen-bond donors (Lipinski definition) is 1. The topological polar surface area (TPSA) is 94.2 Å². The molecule has 9 heteroatoms. The number of aryl methyl sites for hydroxylation is 1. The number of ether oxygens (including phenoxy) is 3. The fourth-order valence-corrected chi connectivity index (χ4v) is 3.71. The maximum atomic E-state index is 12.5. The zero-order valence-corrected chi connectivity index (χ0v) is 17.4. The van der Waals surface area contributed by atoms with Crippen molar-refractivity contribution in [3.8, 4) is 17.2 Å². The Labute approximate surface area is 170 Å². The molecule has 1 unspecified atom stereocenters. The Bertz CT molecular complexity index is 992. The molecular weight excluding hydrogens is 396 g/mol. The van der Waals surface area contributed by atoms with E-state index in [9.17, 15) is 13.2 Å². The molecule has 0 saturated heterocycles. The van der Waals surface area contributed by atoms with Gasteiger partial charge in [-0.25, -0.2) is 8.42 Å². The lowest BCUT2D eigenvalue weighted by atomic mass is 10.2. The van der Waals surface area contributed by atoms with Crippen molar-refractivity contribution in [2.45, 2.75) is 19.9 Å². The van der Waals surface area contributed by atoms with E-state index in [4.69, 9.17) is 14.2 Å². The van der Waals surface area contributed by atoms with E-state index >= 15 is 0 Å². The molecule has 1 heterocycles. The summed E-state index contributed by atoms with van der Waals surface area (Å²) < 4.78 is 41.8. The van der Waals surface area contributed by atoms with Crippen molar-refractivity contribution in [3.05, 3.63) is 48.0 Å². The molecule has 1 amide bonds. The Morgan fingerprint density at radius 1 is 1.21 bits per heavy atom. The van der Waals surface area contributed by atoms with Gasteiger partial charge in [-0.3, -0.25) is 9.10 Å². The van der Waals surface area contributed by atoms with Crippen LogP contribution in [-0.4, -0.2) is 46.6 Å². The average molecular weight is 420 g/mol. The van der Waals surface area contributed by atoms with Crippen molar-refractivity contribution in [2.75, 3.05) is 30.5 Å². The second-order valence-electron chi connectivity index (χ2n) is 6.85. The van der Waals surface area contributed by atoms with E-state index in [1.807, 2.05) is 31.2 Å². The van der Waals surface area contributed by atoms with Crippen molar-refractivity contribution >= 4 is 21.6 Å². The average Bonchev–Trinajstić information content (AvgIpc) is 3.12. The standard InChI is InChI=1S/C20H24N2O6S/c1-14-6-4-5-7-17(14)26-12-15(2)21-20(23)11-22(29(3,24)25)16-8-9-18-19(10-16)28-13-27-18/h4-10,15H,11-13H2,1-3H3,(H,21,23). The minimum absolute atomic E-state index is 0.0799. The van der Waals surface area contributed by atoms with Crippen molar-refractivity contribution in [1.29, 1.82) is 0 Å².